The molecule has 1 aromatic carbocycles. The summed E-state index contributed by atoms with van der Waals surface area (Å²) in [4.78, 5) is 36.8. The summed E-state index contributed by atoms with van der Waals surface area (Å²) in [5, 5.41) is 14.3. The van der Waals surface area contributed by atoms with Crippen LogP contribution in [0.1, 0.15) is 23.7 Å². The Morgan fingerprint density at radius 1 is 1.18 bits per heavy atom. The van der Waals surface area contributed by atoms with E-state index in [0.717, 1.165) is 23.4 Å². The van der Waals surface area contributed by atoms with Gasteiger partial charge in [-0.15, -0.1) is 0 Å². The van der Waals surface area contributed by atoms with E-state index >= 15 is 0 Å². The van der Waals surface area contributed by atoms with E-state index in [2.05, 4.69) is 30.6 Å². The predicted molar refractivity (Wildman–Crippen MR) is 121 cm³/mol. The van der Waals surface area contributed by atoms with Gasteiger partial charge in [0.15, 0.2) is 11.5 Å². The van der Waals surface area contributed by atoms with Crippen molar-refractivity contribution in [1.29, 1.82) is 0 Å². The van der Waals surface area contributed by atoms with Gasteiger partial charge in [-0.05, 0) is 30.7 Å². The number of rotatable bonds is 5. The van der Waals surface area contributed by atoms with Gasteiger partial charge < -0.3 is 15.1 Å². The largest absolute Gasteiger partial charge is 0.341 e. The van der Waals surface area contributed by atoms with Crippen molar-refractivity contribution in [2.75, 3.05) is 25.5 Å². The van der Waals surface area contributed by atoms with Gasteiger partial charge in [0, 0.05) is 50.1 Å². The Labute approximate surface area is 189 Å². The standard InChI is InChI=1S/C22H23N9O2/c1-14(32)29(2)18-7-8-30(12-18)22(33)15-3-5-17(6-4-15)28-20-21-24-13-27-31(21)19(11-23-20)16-9-25-26-10-16/h3-6,9-11,13,18H,7-8,12H2,1-2H3,(H,23,28)(H,25,26). The normalized spacial score (nSPS) is 15.7. The number of benzene rings is 1. The predicted octanol–water partition coefficient (Wildman–Crippen LogP) is 1.95. The van der Waals surface area contributed by atoms with Crippen molar-refractivity contribution in [3.05, 3.63) is 54.7 Å². The van der Waals surface area contributed by atoms with Crippen LogP contribution in [0.2, 0.25) is 0 Å². The molecule has 0 bridgehead atoms. The van der Waals surface area contributed by atoms with Crippen LogP contribution in [0, 0.1) is 0 Å². The highest BCUT2D eigenvalue weighted by atomic mass is 16.2. The number of fused-ring (bicyclic) bond motifs is 1. The number of H-pyrrole nitrogens is 1. The Morgan fingerprint density at radius 2 is 2.00 bits per heavy atom. The molecule has 1 saturated heterocycles. The van der Waals surface area contributed by atoms with Crippen molar-refractivity contribution in [2.45, 2.75) is 19.4 Å². The molecule has 2 N–H and O–H groups in total. The summed E-state index contributed by atoms with van der Waals surface area (Å²) in [5.74, 6) is 0.523. The first-order valence-electron chi connectivity index (χ1n) is 10.6. The van der Waals surface area contributed by atoms with Crippen molar-refractivity contribution in [1.82, 2.24) is 39.6 Å². The number of aromatic nitrogens is 6. The van der Waals surface area contributed by atoms with Crippen LogP contribution in [0.25, 0.3) is 16.9 Å². The summed E-state index contributed by atoms with van der Waals surface area (Å²) in [6.45, 7) is 2.73. The van der Waals surface area contributed by atoms with Crippen LogP contribution in [-0.2, 0) is 4.79 Å². The van der Waals surface area contributed by atoms with Gasteiger partial charge in [-0.2, -0.15) is 10.2 Å². The Hall–Kier alpha value is -4.28. The molecule has 11 heteroatoms. The Kier molecular flexibility index (Phi) is 5.21. The number of likely N-dealkylation sites (tertiary alicyclic amines) is 1. The molecule has 4 aromatic rings. The minimum absolute atomic E-state index is 0.0120. The fraction of sp³-hybridized carbons (Fsp3) is 0.273. The van der Waals surface area contributed by atoms with Crippen molar-refractivity contribution in [3.63, 3.8) is 0 Å². The molecule has 3 aromatic heterocycles. The third-order valence-corrected chi connectivity index (χ3v) is 5.99. The van der Waals surface area contributed by atoms with E-state index in [0.29, 0.717) is 30.1 Å². The molecule has 0 spiro atoms. The summed E-state index contributed by atoms with van der Waals surface area (Å²) >= 11 is 0. The number of aromatic amines is 1. The van der Waals surface area contributed by atoms with E-state index in [-0.39, 0.29) is 17.9 Å². The quantitative estimate of drug-likeness (QED) is 0.481. The number of carbonyl (C=O) groups excluding carboxylic acids is 2. The van der Waals surface area contributed by atoms with Crippen molar-refractivity contribution in [3.8, 4) is 11.3 Å². The minimum Gasteiger partial charge on any atom is -0.341 e. The molecule has 2 amide bonds. The lowest BCUT2D eigenvalue weighted by molar-refractivity contribution is -0.129. The molecule has 11 nitrogen and oxygen atoms in total. The fourth-order valence-corrected chi connectivity index (χ4v) is 4.01. The molecule has 1 atom stereocenters. The molecule has 1 fully saturated rings. The second-order valence-corrected chi connectivity index (χ2v) is 8.00. The average Bonchev–Trinajstić information content (AvgIpc) is 3.60. The maximum absolute atomic E-state index is 12.9. The molecule has 0 aliphatic carbocycles. The highest BCUT2D eigenvalue weighted by Gasteiger charge is 2.30. The number of carbonyl (C=O) groups is 2. The van der Waals surface area contributed by atoms with Crippen molar-refractivity contribution >= 4 is 29.0 Å². The monoisotopic (exact) mass is 445 g/mol. The van der Waals surface area contributed by atoms with Gasteiger partial charge in [0.1, 0.15) is 6.33 Å². The van der Waals surface area contributed by atoms with Gasteiger partial charge in [-0.3, -0.25) is 14.7 Å². The number of likely N-dealkylation sites (N-methyl/N-ethyl adjacent to an activating group) is 1. The zero-order valence-corrected chi connectivity index (χ0v) is 18.3. The van der Waals surface area contributed by atoms with Crippen molar-refractivity contribution < 1.29 is 9.59 Å². The number of amides is 2. The van der Waals surface area contributed by atoms with Gasteiger partial charge >= 0.3 is 0 Å². The van der Waals surface area contributed by atoms with Crippen LogP contribution >= 0.6 is 0 Å². The molecule has 1 aliphatic rings. The highest BCUT2D eigenvalue weighted by molar-refractivity contribution is 5.95. The second kappa shape index (κ2) is 8.34. The van der Waals surface area contributed by atoms with E-state index in [1.165, 1.54) is 6.33 Å². The Bertz CT molecular complexity index is 1300. The molecule has 0 radical (unpaired) electrons. The maximum Gasteiger partial charge on any atom is 0.253 e. The smallest absolute Gasteiger partial charge is 0.253 e. The molecule has 1 unspecified atom stereocenters. The maximum atomic E-state index is 12.9. The van der Waals surface area contributed by atoms with Gasteiger partial charge in [-0.25, -0.2) is 14.5 Å². The topological polar surface area (TPSA) is 124 Å². The molecule has 0 saturated carbocycles. The number of hydrogen-bond donors (Lipinski definition) is 2. The number of nitrogens with one attached hydrogen (secondary N) is 2. The molecule has 1 aliphatic heterocycles. The van der Waals surface area contributed by atoms with E-state index in [4.69, 9.17) is 0 Å². The van der Waals surface area contributed by atoms with Crippen LogP contribution in [0.15, 0.2) is 49.2 Å². The number of anilines is 2. The molecule has 4 heterocycles. The molecular formula is C22H23N9O2. The summed E-state index contributed by atoms with van der Waals surface area (Å²) in [6, 6.07) is 7.30. The molecule has 168 valence electrons. The third kappa shape index (κ3) is 3.88. The zero-order chi connectivity index (χ0) is 22.9. The van der Waals surface area contributed by atoms with E-state index in [9.17, 15) is 9.59 Å². The first-order chi connectivity index (χ1) is 16.0. The fourth-order valence-electron chi connectivity index (χ4n) is 4.01. The SMILES string of the molecule is CC(=O)N(C)C1CCN(C(=O)c2ccc(Nc3ncc(-c4cn[nH]c4)n4ncnc34)cc2)C1. The van der Waals surface area contributed by atoms with Crippen LogP contribution < -0.4 is 5.32 Å². The van der Waals surface area contributed by atoms with Crippen LogP contribution in [-0.4, -0.2) is 77.6 Å². The molecular weight excluding hydrogens is 422 g/mol. The lowest BCUT2D eigenvalue weighted by atomic mass is 10.2. The first-order valence-corrected chi connectivity index (χ1v) is 10.6. The highest BCUT2D eigenvalue weighted by Crippen LogP contribution is 2.24. The van der Waals surface area contributed by atoms with Crippen LogP contribution in [0.5, 0.6) is 0 Å². The summed E-state index contributed by atoms with van der Waals surface area (Å²) in [5.41, 5.74) is 3.57. The molecule has 5 rings (SSSR count). The lowest BCUT2D eigenvalue weighted by Gasteiger charge is -2.23. The minimum atomic E-state index is -0.0385. The van der Waals surface area contributed by atoms with Gasteiger partial charge in [0.2, 0.25) is 5.91 Å². The zero-order valence-electron chi connectivity index (χ0n) is 18.3. The van der Waals surface area contributed by atoms with E-state index in [1.54, 1.807) is 59.0 Å². The summed E-state index contributed by atoms with van der Waals surface area (Å²) < 4.78 is 1.69. The number of hydrogen-bond acceptors (Lipinski definition) is 7. The van der Waals surface area contributed by atoms with E-state index < -0.39 is 0 Å². The average molecular weight is 445 g/mol. The first kappa shape index (κ1) is 20.6. The van der Waals surface area contributed by atoms with Gasteiger partial charge in [0.05, 0.1) is 24.1 Å². The van der Waals surface area contributed by atoms with E-state index in [1.807, 2.05) is 12.1 Å². The Morgan fingerprint density at radius 3 is 2.73 bits per heavy atom. The third-order valence-electron chi connectivity index (χ3n) is 5.99. The van der Waals surface area contributed by atoms with Gasteiger partial charge in [0.25, 0.3) is 5.91 Å². The Balaban J connectivity index is 1.30. The van der Waals surface area contributed by atoms with Crippen LogP contribution in [0.3, 0.4) is 0 Å². The van der Waals surface area contributed by atoms with Gasteiger partial charge in [-0.1, -0.05) is 0 Å². The van der Waals surface area contributed by atoms with Crippen molar-refractivity contribution in [2.24, 2.45) is 0 Å². The number of nitrogens with zero attached hydrogens (tertiary/aromatic N) is 7. The molecule has 33 heavy (non-hydrogen) atoms. The summed E-state index contributed by atoms with van der Waals surface area (Å²) in [6.07, 6.45) is 7.43. The lowest BCUT2D eigenvalue weighted by Crippen LogP contribution is -2.38. The van der Waals surface area contributed by atoms with Crippen LogP contribution in [0.4, 0.5) is 11.5 Å². The second-order valence-electron chi connectivity index (χ2n) is 8.00. The summed E-state index contributed by atoms with van der Waals surface area (Å²) in [7, 11) is 1.78.